The molecule has 2 aromatic heterocycles. The largest absolute Gasteiger partial charge is 0.337 e. The standard InChI is InChI=1S/C19H18ClN3OS/c20-18-7-6-17(25-18)16-12-14(13-4-1-2-5-15(13)22-16)19(24)23-10-3-8-21-9-11-23/h1-2,4-7,12,21H,3,8-11H2. The molecule has 0 radical (unpaired) electrons. The second kappa shape index (κ2) is 7.12. The minimum atomic E-state index is 0.0752. The van der Waals surface area contributed by atoms with E-state index in [1.54, 1.807) is 0 Å². The van der Waals surface area contributed by atoms with Crippen LogP contribution in [0.3, 0.4) is 0 Å². The van der Waals surface area contributed by atoms with Crippen molar-refractivity contribution in [1.29, 1.82) is 0 Å². The molecular formula is C19H18ClN3OS. The minimum absolute atomic E-state index is 0.0752. The van der Waals surface area contributed by atoms with Crippen LogP contribution < -0.4 is 5.32 Å². The zero-order valence-electron chi connectivity index (χ0n) is 13.7. The summed E-state index contributed by atoms with van der Waals surface area (Å²) in [6.45, 7) is 3.31. The van der Waals surface area contributed by atoms with E-state index in [0.29, 0.717) is 5.56 Å². The van der Waals surface area contributed by atoms with Crippen molar-refractivity contribution in [2.45, 2.75) is 6.42 Å². The number of hydrogen-bond donors (Lipinski definition) is 1. The molecule has 1 aliphatic rings. The fraction of sp³-hybridized carbons (Fsp3) is 0.263. The van der Waals surface area contributed by atoms with Crippen molar-refractivity contribution in [2.24, 2.45) is 0 Å². The number of nitrogens with one attached hydrogen (secondary N) is 1. The molecule has 3 aromatic rings. The molecule has 0 atom stereocenters. The van der Waals surface area contributed by atoms with Crippen LogP contribution in [0.1, 0.15) is 16.8 Å². The smallest absolute Gasteiger partial charge is 0.254 e. The van der Waals surface area contributed by atoms with Gasteiger partial charge in [0.1, 0.15) is 0 Å². The number of pyridine rings is 1. The number of amides is 1. The van der Waals surface area contributed by atoms with Gasteiger partial charge in [0.15, 0.2) is 0 Å². The number of halogens is 1. The Morgan fingerprint density at radius 3 is 2.88 bits per heavy atom. The van der Waals surface area contributed by atoms with Crippen molar-refractivity contribution in [3.63, 3.8) is 0 Å². The van der Waals surface area contributed by atoms with Crippen LogP contribution in [0.15, 0.2) is 42.5 Å². The fourth-order valence-corrected chi connectivity index (χ4v) is 4.15. The molecule has 25 heavy (non-hydrogen) atoms. The van der Waals surface area contributed by atoms with Gasteiger partial charge < -0.3 is 10.2 Å². The van der Waals surface area contributed by atoms with E-state index in [9.17, 15) is 4.79 Å². The topological polar surface area (TPSA) is 45.2 Å². The minimum Gasteiger partial charge on any atom is -0.337 e. The molecule has 3 heterocycles. The Kier molecular flexibility index (Phi) is 4.70. The van der Waals surface area contributed by atoms with Gasteiger partial charge in [0.2, 0.25) is 0 Å². The molecule has 1 saturated heterocycles. The predicted octanol–water partition coefficient (Wildman–Crippen LogP) is 4.05. The summed E-state index contributed by atoms with van der Waals surface area (Å²) < 4.78 is 0.719. The number of hydrogen-bond acceptors (Lipinski definition) is 4. The summed E-state index contributed by atoms with van der Waals surface area (Å²) in [5.41, 5.74) is 2.35. The zero-order chi connectivity index (χ0) is 17.2. The van der Waals surface area contributed by atoms with Crippen LogP contribution in [0.5, 0.6) is 0 Å². The number of thiophene rings is 1. The van der Waals surface area contributed by atoms with Crippen LogP contribution in [0, 0.1) is 0 Å². The molecule has 4 rings (SSSR count). The number of aromatic nitrogens is 1. The number of rotatable bonds is 2. The average Bonchev–Trinajstić information content (AvgIpc) is 2.90. The van der Waals surface area contributed by atoms with Crippen LogP contribution in [0.2, 0.25) is 4.34 Å². The Hall–Kier alpha value is -1.95. The van der Waals surface area contributed by atoms with Crippen LogP contribution in [-0.2, 0) is 0 Å². The van der Waals surface area contributed by atoms with Crippen LogP contribution >= 0.6 is 22.9 Å². The van der Waals surface area contributed by atoms with E-state index in [-0.39, 0.29) is 5.91 Å². The molecule has 1 N–H and O–H groups in total. The van der Waals surface area contributed by atoms with E-state index in [2.05, 4.69) is 5.32 Å². The van der Waals surface area contributed by atoms with Gasteiger partial charge in [-0.05, 0) is 37.2 Å². The van der Waals surface area contributed by atoms with E-state index in [1.807, 2.05) is 47.4 Å². The van der Waals surface area contributed by atoms with Crippen molar-refractivity contribution >= 4 is 39.7 Å². The van der Waals surface area contributed by atoms with Crippen molar-refractivity contribution < 1.29 is 4.79 Å². The highest BCUT2D eigenvalue weighted by atomic mass is 35.5. The van der Waals surface area contributed by atoms with Crippen LogP contribution in [0.25, 0.3) is 21.5 Å². The first-order chi connectivity index (χ1) is 12.2. The third kappa shape index (κ3) is 3.40. The molecule has 6 heteroatoms. The lowest BCUT2D eigenvalue weighted by Crippen LogP contribution is -2.34. The fourth-order valence-electron chi connectivity index (χ4n) is 3.15. The van der Waals surface area contributed by atoms with Crippen molar-refractivity contribution in [2.75, 3.05) is 26.2 Å². The maximum atomic E-state index is 13.2. The molecule has 4 nitrogen and oxygen atoms in total. The number of nitrogens with zero attached hydrogens (tertiary/aromatic N) is 2. The summed E-state index contributed by atoms with van der Waals surface area (Å²) in [5.74, 6) is 0.0752. The highest BCUT2D eigenvalue weighted by Gasteiger charge is 2.21. The number of fused-ring (bicyclic) bond motifs is 1. The first-order valence-electron chi connectivity index (χ1n) is 8.38. The molecule has 1 aromatic carbocycles. The summed E-state index contributed by atoms with van der Waals surface area (Å²) in [6, 6.07) is 13.5. The molecule has 1 amide bonds. The Bertz CT molecular complexity index is 916. The highest BCUT2D eigenvalue weighted by molar-refractivity contribution is 7.19. The van der Waals surface area contributed by atoms with Gasteiger partial charge in [-0.2, -0.15) is 0 Å². The van der Waals surface area contributed by atoms with Gasteiger partial charge in [0, 0.05) is 25.0 Å². The molecule has 0 unspecified atom stereocenters. The third-order valence-corrected chi connectivity index (χ3v) is 5.65. The average molecular weight is 372 g/mol. The molecule has 1 fully saturated rings. The summed E-state index contributed by atoms with van der Waals surface area (Å²) in [4.78, 5) is 20.8. The highest BCUT2D eigenvalue weighted by Crippen LogP contribution is 2.32. The van der Waals surface area contributed by atoms with Gasteiger partial charge in [0.05, 0.1) is 26.0 Å². The Morgan fingerprint density at radius 2 is 2.04 bits per heavy atom. The molecule has 1 aliphatic heterocycles. The maximum absolute atomic E-state index is 13.2. The summed E-state index contributed by atoms with van der Waals surface area (Å²) >= 11 is 7.56. The number of para-hydroxylation sites is 1. The molecule has 0 saturated carbocycles. The van der Waals surface area contributed by atoms with Crippen molar-refractivity contribution in [3.8, 4) is 10.6 Å². The van der Waals surface area contributed by atoms with Gasteiger partial charge in [-0.25, -0.2) is 4.98 Å². The predicted molar refractivity (Wildman–Crippen MR) is 103 cm³/mol. The van der Waals surface area contributed by atoms with Gasteiger partial charge in [-0.1, -0.05) is 29.8 Å². The Balaban J connectivity index is 1.82. The van der Waals surface area contributed by atoms with E-state index >= 15 is 0 Å². The molecule has 0 aliphatic carbocycles. The number of benzene rings is 1. The van der Waals surface area contributed by atoms with Crippen molar-refractivity contribution in [1.82, 2.24) is 15.2 Å². The Morgan fingerprint density at radius 1 is 1.16 bits per heavy atom. The quantitative estimate of drug-likeness (QED) is 0.739. The first kappa shape index (κ1) is 16.5. The lowest BCUT2D eigenvalue weighted by atomic mass is 10.1. The summed E-state index contributed by atoms with van der Waals surface area (Å²) in [6.07, 6.45) is 0.974. The van der Waals surface area contributed by atoms with Crippen molar-refractivity contribution in [3.05, 3.63) is 52.4 Å². The number of carbonyl (C=O) groups excluding carboxylic acids is 1. The third-order valence-electron chi connectivity index (χ3n) is 4.40. The number of carbonyl (C=O) groups is 1. The Labute approximate surface area is 155 Å². The SMILES string of the molecule is O=C(c1cc(-c2ccc(Cl)s2)nc2ccccc12)N1CCCNCC1. The molecule has 0 bridgehead atoms. The zero-order valence-corrected chi connectivity index (χ0v) is 15.2. The van der Waals surface area contributed by atoms with Crippen LogP contribution in [0.4, 0.5) is 0 Å². The maximum Gasteiger partial charge on any atom is 0.254 e. The summed E-state index contributed by atoms with van der Waals surface area (Å²) in [5, 5.41) is 4.24. The molecule has 0 spiro atoms. The second-order valence-corrected chi connectivity index (χ2v) is 7.79. The normalized spacial score (nSPS) is 15.3. The van der Waals surface area contributed by atoms with E-state index < -0.39 is 0 Å². The second-order valence-electron chi connectivity index (χ2n) is 6.07. The van der Waals surface area contributed by atoms with Gasteiger partial charge in [-0.3, -0.25) is 4.79 Å². The van der Waals surface area contributed by atoms with Gasteiger partial charge >= 0.3 is 0 Å². The molecular weight excluding hydrogens is 354 g/mol. The molecule has 128 valence electrons. The van der Waals surface area contributed by atoms with E-state index in [0.717, 1.165) is 58.4 Å². The first-order valence-corrected chi connectivity index (χ1v) is 9.57. The monoisotopic (exact) mass is 371 g/mol. The lowest BCUT2D eigenvalue weighted by Gasteiger charge is -2.21. The van der Waals surface area contributed by atoms with E-state index in [4.69, 9.17) is 16.6 Å². The lowest BCUT2D eigenvalue weighted by molar-refractivity contribution is 0.0768. The van der Waals surface area contributed by atoms with E-state index in [1.165, 1.54) is 11.3 Å². The van der Waals surface area contributed by atoms with Crippen LogP contribution in [-0.4, -0.2) is 42.0 Å². The van der Waals surface area contributed by atoms with Gasteiger partial charge in [0.25, 0.3) is 5.91 Å². The summed E-state index contributed by atoms with van der Waals surface area (Å²) in [7, 11) is 0. The van der Waals surface area contributed by atoms with Gasteiger partial charge in [-0.15, -0.1) is 11.3 Å².